The Hall–Kier alpha value is -3.69. The fourth-order valence-electron chi connectivity index (χ4n) is 4.24. The van der Waals surface area contributed by atoms with Crippen LogP contribution in [-0.4, -0.2) is 48.9 Å². The van der Waals surface area contributed by atoms with Crippen molar-refractivity contribution in [3.05, 3.63) is 82.0 Å². The molecule has 1 heterocycles. The van der Waals surface area contributed by atoms with Crippen molar-refractivity contribution in [3.63, 3.8) is 0 Å². The number of hydrogen-bond acceptors (Lipinski definition) is 6. The van der Waals surface area contributed by atoms with Crippen LogP contribution in [0.2, 0.25) is 0 Å². The second-order valence-electron chi connectivity index (χ2n) is 8.18. The van der Waals surface area contributed by atoms with Crippen molar-refractivity contribution in [2.24, 2.45) is 0 Å². The number of ether oxygens (including phenoxy) is 2. The van der Waals surface area contributed by atoms with Crippen LogP contribution in [0.25, 0.3) is 11.1 Å². The van der Waals surface area contributed by atoms with E-state index in [0.29, 0.717) is 4.88 Å². The quantitative estimate of drug-likeness (QED) is 0.415. The Morgan fingerprint density at radius 2 is 1.60 bits per heavy atom. The number of nitrogens with one attached hydrogen (secondary N) is 2. The van der Waals surface area contributed by atoms with Gasteiger partial charge in [-0.3, -0.25) is 4.79 Å². The second-order valence-corrected chi connectivity index (χ2v) is 9.16. The van der Waals surface area contributed by atoms with Crippen LogP contribution in [0.3, 0.4) is 0 Å². The van der Waals surface area contributed by atoms with Crippen molar-refractivity contribution in [2.75, 3.05) is 13.7 Å². The van der Waals surface area contributed by atoms with Crippen molar-refractivity contribution >= 4 is 29.3 Å². The molecule has 3 aromatic rings. The zero-order valence-electron chi connectivity index (χ0n) is 19.3. The van der Waals surface area contributed by atoms with Crippen LogP contribution < -0.4 is 10.6 Å². The molecule has 4 rings (SSSR count). The summed E-state index contributed by atoms with van der Waals surface area (Å²) in [5.41, 5.74) is 4.36. The maximum Gasteiger partial charge on any atom is 0.407 e. The topological polar surface area (TPSA) is 114 Å². The average molecular weight is 495 g/mol. The summed E-state index contributed by atoms with van der Waals surface area (Å²) < 4.78 is 10.8. The summed E-state index contributed by atoms with van der Waals surface area (Å²) in [5, 5.41) is 16.3. The fraction of sp³-hybridized carbons (Fsp3) is 0.269. The van der Waals surface area contributed by atoms with Gasteiger partial charge in [0.1, 0.15) is 12.6 Å². The van der Waals surface area contributed by atoms with Crippen LogP contribution in [0.1, 0.15) is 34.9 Å². The molecular weight excluding hydrogens is 468 g/mol. The van der Waals surface area contributed by atoms with Gasteiger partial charge in [-0.05, 0) is 40.6 Å². The number of carboxylic acids is 1. The average Bonchev–Trinajstić information content (AvgIpc) is 3.50. The highest BCUT2D eigenvalue weighted by Gasteiger charge is 2.33. The van der Waals surface area contributed by atoms with Gasteiger partial charge >= 0.3 is 12.1 Å². The van der Waals surface area contributed by atoms with E-state index >= 15 is 0 Å². The van der Waals surface area contributed by atoms with Gasteiger partial charge in [0.05, 0.1) is 6.10 Å². The second kappa shape index (κ2) is 10.7. The Morgan fingerprint density at radius 1 is 0.971 bits per heavy atom. The van der Waals surface area contributed by atoms with Gasteiger partial charge in [0, 0.05) is 17.9 Å². The molecule has 0 spiro atoms. The van der Waals surface area contributed by atoms with Gasteiger partial charge < -0.3 is 25.2 Å². The molecule has 0 radical (unpaired) electrons. The van der Waals surface area contributed by atoms with E-state index < -0.39 is 36.2 Å². The van der Waals surface area contributed by atoms with Crippen LogP contribution in [0.5, 0.6) is 0 Å². The molecule has 1 unspecified atom stereocenters. The van der Waals surface area contributed by atoms with E-state index in [9.17, 15) is 19.5 Å². The molecular formula is C26H26N2O6S. The van der Waals surface area contributed by atoms with E-state index in [4.69, 9.17) is 9.47 Å². The molecule has 182 valence electrons. The van der Waals surface area contributed by atoms with E-state index in [1.165, 1.54) is 18.4 Å². The minimum Gasteiger partial charge on any atom is -0.479 e. The molecule has 8 nitrogen and oxygen atoms in total. The predicted octanol–water partition coefficient (Wildman–Crippen LogP) is 3.93. The first kappa shape index (κ1) is 24.4. The van der Waals surface area contributed by atoms with E-state index in [2.05, 4.69) is 10.6 Å². The van der Waals surface area contributed by atoms with E-state index in [1.807, 2.05) is 48.5 Å². The zero-order valence-corrected chi connectivity index (χ0v) is 20.1. The molecule has 1 aliphatic carbocycles. The SMILES string of the molecule is CO[C@H](C)[C@H](NC(=O)OCC1c2ccccc2-c2ccccc21)C(=O)NC(C(=O)O)c1cccs1. The number of rotatable bonds is 9. The number of amides is 2. The number of alkyl carbamates (subject to hydrolysis) is 1. The summed E-state index contributed by atoms with van der Waals surface area (Å²) in [6, 6.07) is 16.9. The maximum atomic E-state index is 13.0. The molecule has 2 aromatic carbocycles. The predicted molar refractivity (Wildman–Crippen MR) is 131 cm³/mol. The third kappa shape index (κ3) is 5.21. The highest BCUT2D eigenvalue weighted by Crippen LogP contribution is 2.44. The Balaban J connectivity index is 1.44. The Bertz CT molecular complexity index is 1170. The highest BCUT2D eigenvalue weighted by molar-refractivity contribution is 7.10. The van der Waals surface area contributed by atoms with Gasteiger partial charge in [-0.2, -0.15) is 0 Å². The Labute approximate surface area is 206 Å². The largest absolute Gasteiger partial charge is 0.479 e. The molecule has 3 N–H and O–H groups in total. The zero-order chi connectivity index (χ0) is 24.9. The van der Waals surface area contributed by atoms with Crippen molar-refractivity contribution in [2.45, 2.75) is 31.0 Å². The molecule has 0 saturated heterocycles. The number of carbonyl (C=O) groups excluding carboxylic acids is 2. The Morgan fingerprint density at radius 3 is 2.14 bits per heavy atom. The number of methoxy groups -OCH3 is 1. The maximum absolute atomic E-state index is 13.0. The van der Waals surface area contributed by atoms with E-state index in [-0.39, 0.29) is 12.5 Å². The summed E-state index contributed by atoms with van der Waals surface area (Å²) in [7, 11) is 1.40. The van der Waals surface area contributed by atoms with Gasteiger partial charge in [0.25, 0.3) is 0 Å². The van der Waals surface area contributed by atoms with Crippen LogP contribution in [0.15, 0.2) is 66.0 Å². The lowest BCUT2D eigenvalue weighted by molar-refractivity contribution is -0.142. The number of fused-ring (bicyclic) bond motifs is 3. The first-order chi connectivity index (χ1) is 16.9. The normalized spacial score (nSPS) is 14.8. The molecule has 0 aliphatic heterocycles. The van der Waals surface area contributed by atoms with Gasteiger partial charge in [0.2, 0.25) is 5.91 Å². The van der Waals surface area contributed by atoms with Crippen molar-refractivity contribution in [3.8, 4) is 11.1 Å². The molecule has 0 saturated carbocycles. The van der Waals surface area contributed by atoms with Gasteiger partial charge in [-0.1, -0.05) is 54.6 Å². The lowest BCUT2D eigenvalue weighted by atomic mass is 9.98. The molecule has 0 bridgehead atoms. The standard InChI is InChI=1S/C26H26N2O6S/c1-15(33-2)22(24(29)27-23(25(30)31)21-12-7-13-35-21)28-26(32)34-14-20-18-10-5-3-8-16(18)17-9-4-6-11-19(17)20/h3-13,15,20,22-23H,14H2,1-2H3,(H,27,29)(H,28,32)(H,30,31)/t15-,22+,23?/m1/s1. The lowest BCUT2D eigenvalue weighted by Crippen LogP contribution is -2.54. The molecule has 9 heteroatoms. The Kier molecular flexibility index (Phi) is 7.48. The monoisotopic (exact) mass is 494 g/mol. The third-order valence-electron chi connectivity index (χ3n) is 6.10. The molecule has 3 atom stereocenters. The highest BCUT2D eigenvalue weighted by atomic mass is 32.1. The first-order valence-corrected chi connectivity index (χ1v) is 12.0. The van der Waals surface area contributed by atoms with Crippen LogP contribution in [0.4, 0.5) is 4.79 Å². The number of hydrogen-bond donors (Lipinski definition) is 3. The van der Waals surface area contributed by atoms with Crippen LogP contribution in [-0.2, 0) is 19.1 Å². The summed E-state index contributed by atoms with van der Waals surface area (Å²) in [5.74, 6) is -2.02. The molecule has 0 fully saturated rings. The molecule has 1 aliphatic rings. The van der Waals surface area contributed by atoms with Gasteiger partial charge in [-0.15, -0.1) is 11.3 Å². The number of aliphatic carboxylic acids is 1. The van der Waals surface area contributed by atoms with Crippen LogP contribution >= 0.6 is 11.3 Å². The molecule has 35 heavy (non-hydrogen) atoms. The summed E-state index contributed by atoms with van der Waals surface area (Å²) >= 11 is 1.21. The van der Waals surface area contributed by atoms with Crippen molar-refractivity contribution < 1.29 is 29.0 Å². The van der Waals surface area contributed by atoms with Crippen LogP contribution in [0, 0.1) is 0 Å². The van der Waals surface area contributed by atoms with E-state index in [1.54, 1.807) is 24.4 Å². The number of carbonyl (C=O) groups is 3. The number of benzene rings is 2. The van der Waals surface area contributed by atoms with E-state index in [0.717, 1.165) is 22.3 Å². The van der Waals surface area contributed by atoms with Gasteiger partial charge in [0.15, 0.2) is 6.04 Å². The lowest BCUT2D eigenvalue weighted by Gasteiger charge is -2.25. The summed E-state index contributed by atoms with van der Waals surface area (Å²) in [6.07, 6.45) is -1.52. The summed E-state index contributed by atoms with van der Waals surface area (Å²) in [4.78, 5) is 37.9. The van der Waals surface area contributed by atoms with Crippen molar-refractivity contribution in [1.82, 2.24) is 10.6 Å². The molecule has 1 aromatic heterocycles. The number of carboxylic acid groups (broad SMARTS) is 1. The minimum atomic E-state index is -1.24. The van der Waals surface area contributed by atoms with Crippen molar-refractivity contribution in [1.29, 1.82) is 0 Å². The first-order valence-electron chi connectivity index (χ1n) is 11.1. The van der Waals surface area contributed by atoms with Gasteiger partial charge in [-0.25, -0.2) is 9.59 Å². The minimum absolute atomic E-state index is 0.0858. The summed E-state index contributed by atoms with van der Waals surface area (Å²) in [6.45, 7) is 1.69. The molecule has 2 amide bonds. The number of thiophene rings is 1. The smallest absolute Gasteiger partial charge is 0.407 e. The third-order valence-corrected chi connectivity index (χ3v) is 7.04. The fourth-order valence-corrected chi connectivity index (χ4v) is 5.01.